The lowest BCUT2D eigenvalue weighted by atomic mass is 10.2. The minimum Gasteiger partial charge on any atom is -0.493 e. The summed E-state index contributed by atoms with van der Waals surface area (Å²) in [6.07, 6.45) is 2.55. The predicted molar refractivity (Wildman–Crippen MR) is 125 cm³/mol. The van der Waals surface area contributed by atoms with E-state index in [0.717, 1.165) is 50.5 Å². The number of likely N-dealkylation sites (tertiary alicyclic amines) is 1. The van der Waals surface area contributed by atoms with Crippen molar-refractivity contribution >= 4 is 35.8 Å². The Morgan fingerprint density at radius 2 is 1.83 bits per heavy atom. The average Bonchev–Trinajstić information content (AvgIpc) is 3.12. The number of rotatable bonds is 10. The van der Waals surface area contributed by atoms with Gasteiger partial charge in [-0.05, 0) is 37.5 Å². The minimum atomic E-state index is 0. The van der Waals surface area contributed by atoms with Crippen LogP contribution in [0.5, 0.6) is 17.2 Å². The third kappa shape index (κ3) is 7.45. The molecule has 0 spiro atoms. The van der Waals surface area contributed by atoms with Crippen molar-refractivity contribution in [3.05, 3.63) is 17.7 Å². The fourth-order valence-electron chi connectivity index (χ4n) is 3.16. The van der Waals surface area contributed by atoms with Crippen LogP contribution in [-0.2, 0) is 11.3 Å². The third-order valence-corrected chi connectivity index (χ3v) is 4.56. The molecular formula is C20H33IN4O4. The molecule has 2 rings (SSSR count). The molecule has 164 valence electrons. The zero-order valence-corrected chi connectivity index (χ0v) is 20.1. The Hall–Kier alpha value is -1.91. The van der Waals surface area contributed by atoms with Crippen LogP contribution >= 0.6 is 24.0 Å². The molecule has 0 unspecified atom stereocenters. The molecular weight excluding hydrogens is 487 g/mol. The van der Waals surface area contributed by atoms with E-state index >= 15 is 0 Å². The number of hydrogen-bond donors (Lipinski definition) is 2. The van der Waals surface area contributed by atoms with Crippen molar-refractivity contribution < 1.29 is 19.0 Å². The summed E-state index contributed by atoms with van der Waals surface area (Å²) in [7, 11) is 4.78. The van der Waals surface area contributed by atoms with Crippen LogP contribution < -0.4 is 24.8 Å². The Kier molecular flexibility index (Phi) is 11.6. The summed E-state index contributed by atoms with van der Waals surface area (Å²) < 4.78 is 16.1. The van der Waals surface area contributed by atoms with Crippen LogP contribution in [0.3, 0.4) is 0 Å². The normalized spacial score (nSPS) is 13.7. The number of guanidine groups is 1. The van der Waals surface area contributed by atoms with Crippen molar-refractivity contribution in [1.82, 2.24) is 15.5 Å². The molecule has 0 bridgehead atoms. The van der Waals surface area contributed by atoms with Crippen LogP contribution in [-0.4, -0.2) is 64.3 Å². The van der Waals surface area contributed by atoms with Gasteiger partial charge in [-0.25, -0.2) is 4.99 Å². The number of ether oxygens (including phenoxy) is 3. The van der Waals surface area contributed by atoms with Gasteiger partial charge in [-0.15, -0.1) is 24.0 Å². The molecule has 1 aromatic carbocycles. The SMILES string of the molecule is CCNC(=NCc1cc(OC)c(OC)c(OC)c1)NCCCN1CCCC1=O.I. The highest BCUT2D eigenvalue weighted by Gasteiger charge is 2.19. The van der Waals surface area contributed by atoms with Gasteiger partial charge < -0.3 is 29.7 Å². The Morgan fingerprint density at radius 1 is 1.14 bits per heavy atom. The fourth-order valence-corrected chi connectivity index (χ4v) is 3.16. The molecule has 0 atom stereocenters. The minimum absolute atomic E-state index is 0. The number of carbonyl (C=O) groups excluding carboxylic acids is 1. The van der Waals surface area contributed by atoms with Crippen LogP contribution in [0, 0.1) is 0 Å². The van der Waals surface area contributed by atoms with Gasteiger partial charge in [0.15, 0.2) is 17.5 Å². The third-order valence-electron chi connectivity index (χ3n) is 4.56. The van der Waals surface area contributed by atoms with Crippen molar-refractivity contribution in [3.63, 3.8) is 0 Å². The Morgan fingerprint density at radius 3 is 2.34 bits per heavy atom. The Labute approximate surface area is 190 Å². The summed E-state index contributed by atoms with van der Waals surface area (Å²) >= 11 is 0. The van der Waals surface area contributed by atoms with Crippen molar-refractivity contribution in [2.24, 2.45) is 4.99 Å². The van der Waals surface area contributed by atoms with E-state index in [1.54, 1.807) is 21.3 Å². The topological polar surface area (TPSA) is 84.4 Å². The first-order valence-corrected chi connectivity index (χ1v) is 9.71. The molecule has 1 aromatic rings. The van der Waals surface area contributed by atoms with Crippen LogP contribution in [0.4, 0.5) is 0 Å². The molecule has 0 radical (unpaired) electrons. The first-order chi connectivity index (χ1) is 13.6. The van der Waals surface area contributed by atoms with E-state index in [4.69, 9.17) is 14.2 Å². The second-order valence-electron chi connectivity index (χ2n) is 6.49. The lowest BCUT2D eigenvalue weighted by Crippen LogP contribution is -2.39. The number of hydrogen-bond acceptors (Lipinski definition) is 5. The molecule has 1 aliphatic rings. The Bertz CT molecular complexity index is 659. The standard InChI is InChI=1S/C20H32N4O4.HI/c1-5-21-20(22-9-7-11-24-10-6-8-18(24)25)23-14-15-12-16(26-2)19(28-4)17(13-15)27-3;/h12-13H,5-11,14H2,1-4H3,(H2,21,22,23);1H. The quantitative estimate of drug-likeness (QED) is 0.214. The molecule has 9 heteroatoms. The highest BCUT2D eigenvalue weighted by atomic mass is 127. The largest absolute Gasteiger partial charge is 0.493 e. The van der Waals surface area contributed by atoms with Gasteiger partial charge in [-0.1, -0.05) is 0 Å². The van der Waals surface area contributed by atoms with E-state index in [2.05, 4.69) is 15.6 Å². The molecule has 8 nitrogen and oxygen atoms in total. The lowest BCUT2D eigenvalue weighted by molar-refractivity contribution is -0.127. The van der Waals surface area contributed by atoms with Crippen LogP contribution in [0.1, 0.15) is 31.7 Å². The van der Waals surface area contributed by atoms with Crippen molar-refractivity contribution in [2.75, 3.05) is 47.5 Å². The number of carbonyl (C=O) groups is 1. The summed E-state index contributed by atoms with van der Waals surface area (Å²) in [6.45, 7) is 5.69. The van der Waals surface area contributed by atoms with Gasteiger partial charge in [-0.3, -0.25) is 4.79 Å². The number of halogens is 1. The monoisotopic (exact) mass is 520 g/mol. The molecule has 29 heavy (non-hydrogen) atoms. The summed E-state index contributed by atoms with van der Waals surface area (Å²) in [6, 6.07) is 3.79. The number of methoxy groups -OCH3 is 3. The zero-order chi connectivity index (χ0) is 20.4. The number of amides is 1. The first kappa shape index (κ1) is 25.1. The number of nitrogens with one attached hydrogen (secondary N) is 2. The number of aliphatic imine (C=N–C) groups is 1. The van der Waals surface area contributed by atoms with Gasteiger partial charge in [0.2, 0.25) is 11.7 Å². The summed E-state index contributed by atoms with van der Waals surface area (Å²) in [5.74, 6) is 2.80. The summed E-state index contributed by atoms with van der Waals surface area (Å²) in [4.78, 5) is 18.2. The van der Waals surface area contributed by atoms with Gasteiger partial charge in [0.25, 0.3) is 0 Å². The number of benzene rings is 1. The molecule has 1 amide bonds. The predicted octanol–water partition coefficient (Wildman–Crippen LogP) is 2.40. The van der Waals surface area contributed by atoms with Gasteiger partial charge in [0.1, 0.15) is 0 Å². The van der Waals surface area contributed by atoms with Gasteiger partial charge in [0.05, 0.1) is 27.9 Å². The van der Waals surface area contributed by atoms with Gasteiger partial charge in [-0.2, -0.15) is 0 Å². The van der Waals surface area contributed by atoms with Crippen LogP contribution in [0.2, 0.25) is 0 Å². The highest BCUT2D eigenvalue weighted by Crippen LogP contribution is 2.38. The van der Waals surface area contributed by atoms with E-state index in [1.807, 2.05) is 24.0 Å². The van der Waals surface area contributed by atoms with E-state index in [0.29, 0.717) is 30.2 Å². The van der Waals surface area contributed by atoms with Gasteiger partial charge in [0, 0.05) is 32.6 Å². The lowest BCUT2D eigenvalue weighted by Gasteiger charge is -2.17. The van der Waals surface area contributed by atoms with E-state index in [1.165, 1.54) is 0 Å². The van der Waals surface area contributed by atoms with Crippen LogP contribution in [0.25, 0.3) is 0 Å². The number of nitrogens with zero attached hydrogens (tertiary/aromatic N) is 2. The van der Waals surface area contributed by atoms with Crippen molar-refractivity contribution in [1.29, 1.82) is 0 Å². The molecule has 1 heterocycles. The maximum Gasteiger partial charge on any atom is 0.222 e. The molecule has 0 aliphatic carbocycles. The summed E-state index contributed by atoms with van der Waals surface area (Å²) in [5, 5.41) is 6.56. The fraction of sp³-hybridized carbons (Fsp3) is 0.600. The maximum absolute atomic E-state index is 11.7. The molecule has 1 aliphatic heterocycles. The second-order valence-corrected chi connectivity index (χ2v) is 6.49. The maximum atomic E-state index is 11.7. The van der Waals surface area contributed by atoms with E-state index < -0.39 is 0 Å². The highest BCUT2D eigenvalue weighted by molar-refractivity contribution is 14.0. The molecule has 1 fully saturated rings. The second kappa shape index (κ2) is 13.3. The Balaban J connectivity index is 0.00000420. The van der Waals surface area contributed by atoms with Crippen molar-refractivity contribution in [2.45, 2.75) is 32.7 Å². The van der Waals surface area contributed by atoms with E-state index in [9.17, 15) is 4.79 Å². The molecule has 1 saturated heterocycles. The van der Waals surface area contributed by atoms with Crippen molar-refractivity contribution in [3.8, 4) is 17.2 Å². The molecule has 2 N–H and O–H groups in total. The van der Waals surface area contributed by atoms with Crippen LogP contribution in [0.15, 0.2) is 17.1 Å². The summed E-state index contributed by atoms with van der Waals surface area (Å²) in [5.41, 5.74) is 0.953. The first-order valence-electron chi connectivity index (χ1n) is 9.71. The smallest absolute Gasteiger partial charge is 0.222 e. The van der Waals surface area contributed by atoms with E-state index in [-0.39, 0.29) is 29.9 Å². The average molecular weight is 520 g/mol. The zero-order valence-electron chi connectivity index (χ0n) is 17.7. The molecule has 0 aromatic heterocycles. The molecule has 0 saturated carbocycles. The van der Waals surface area contributed by atoms with Gasteiger partial charge >= 0.3 is 0 Å².